The summed E-state index contributed by atoms with van der Waals surface area (Å²) in [5.41, 5.74) is 2.19. The Morgan fingerprint density at radius 2 is 1.86 bits per heavy atom. The third-order valence-corrected chi connectivity index (χ3v) is 5.23. The number of allylic oxidation sites excluding steroid dienone is 1. The van der Waals surface area contributed by atoms with Crippen molar-refractivity contribution in [3.63, 3.8) is 0 Å². The van der Waals surface area contributed by atoms with Gasteiger partial charge >= 0.3 is 12.1 Å². The second-order valence-corrected chi connectivity index (χ2v) is 8.09. The number of carboxylic acids is 1. The fourth-order valence-corrected chi connectivity index (χ4v) is 3.09. The molecule has 0 unspecified atom stereocenters. The summed E-state index contributed by atoms with van der Waals surface area (Å²) in [6.07, 6.45) is 7.54. The molecule has 0 amide bonds. The van der Waals surface area contributed by atoms with Crippen molar-refractivity contribution < 1.29 is 27.8 Å². The molecule has 194 valence electrons. The Hall–Kier alpha value is -2.91. The molecular weight excluding hydrogens is 459 g/mol. The molecule has 0 fully saturated rings. The Morgan fingerprint density at radius 1 is 1.14 bits per heavy atom. The average Bonchev–Trinajstić information content (AvgIpc) is 2.82. The molecule has 0 heterocycles. The summed E-state index contributed by atoms with van der Waals surface area (Å²) in [6.45, 7) is 6.26. The summed E-state index contributed by atoms with van der Waals surface area (Å²) in [5, 5.41) is 19.1. The van der Waals surface area contributed by atoms with Gasteiger partial charge in [-0.3, -0.25) is 4.90 Å². The molecule has 0 aliphatic rings. The number of nitrogens with one attached hydrogen (secondary N) is 2. The van der Waals surface area contributed by atoms with Gasteiger partial charge in [-0.05, 0) is 75.6 Å². The van der Waals surface area contributed by atoms with E-state index in [0.29, 0.717) is 25.1 Å². The van der Waals surface area contributed by atoms with Crippen molar-refractivity contribution in [3.05, 3.63) is 65.4 Å². The van der Waals surface area contributed by atoms with Crippen molar-refractivity contribution in [2.75, 3.05) is 38.2 Å². The lowest BCUT2D eigenvalue weighted by atomic mass is 10.1. The highest BCUT2D eigenvalue weighted by atomic mass is 19.4. The molecule has 6 nitrogen and oxygen atoms in total. The van der Waals surface area contributed by atoms with E-state index in [1.165, 1.54) is 23.9 Å². The van der Waals surface area contributed by atoms with E-state index in [0.717, 1.165) is 43.6 Å². The van der Waals surface area contributed by atoms with Crippen molar-refractivity contribution in [1.82, 2.24) is 4.90 Å². The smallest absolute Gasteiger partial charge is 0.416 e. The van der Waals surface area contributed by atoms with Crippen LogP contribution in [-0.2, 0) is 15.7 Å². The molecule has 35 heavy (non-hydrogen) atoms. The van der Waals surface area contributed by atoms with Crippen molar-refractivity contribution in [2.24, 2.45) is 0 Å². The highest BCUT2D eigenvalue weighted by Crippen LogP contribution is 2.29. The molecule has 9 heteroatoms. The molecule has 0 spiro atoms. The molecule has 0 bridgehead atoms. The number of halogens is 3. The van der Waals surface area contributed by atoms with Gasteiger partial charge in [-0.25, -0.2) is 4.79 Å². The van der Waals surface area contributed by atoms with Crippen LogP contribution in [0.5, 0.6) is 0 Å². The molecule has 0 aromatic heterocycles. The fourth-order valence-electron chi connectivity index (χ4n) is 3.09. The number of carboxylic acid groups (broad SMARTS) is 1. The number of carbonyl (C=O) groups is 1. The van der Waals surface area contributed by atoms with Gasteiger partial charge in [-0.15, -0.1) is 0 Å². The molecule has 0 saturated carbocycles. The highest BCUT2D eigenvalue weighted by molar-refractivity contribution is 5.68. The van der Waals surface area contributed by atoms with E-state index in [-0.39, 0.29) is 13.2 Å². The van der Waals surface area contributed by atoms with E-state index in [4.69, 9.17) is 15.3 Å². The van der Waals surface area contributed by atoms with E-state index in [1.807, 2.05) is 19.2 Å². The van der Waals surface area contributed by atoms with E-state index in [2.05, 4.69) is 23.2 Å². The fraction of sp³-hybridized carbons (Fsp3) is 0.462. The standard InChI is InChI=1S/C26H36F3N3O3/c1-3-21(2)13-16-32(15-5-4-6-17-35-20-25(33)34)19-22(8-7-14-30)18-31-24-11-9-23(10-12-24)26(27,28)29/h3-4,6,9-12,14,18,30-31H,5,7-8,13,15-17,19-20H2,1-2H3,(H,33,34)/b6-4+,21-3+,22-18+,30-14?. The number of alkyl halides is 3. The molecular formula is C26H36F3N3O3. The van der Waals surface area contributed by atoms with Crippen LogP contribution >= 0.6 is 0 Å². The van der Waals surface area contributed by atoms with Gasteiger partial charge in [0.1, 0.15) is 6.61 Å². The van der Waals surface area contributed by atoms with Crippen molar-refractivity contribution in [1.29, 1.82) is 5.41 Å². The number of nitrogens with zero attached hydrogens (tertiary/aromatic N) is 1. The Labute approximate surface area is 205 Å². The largest absolute Gasteiger partial charge is 0.480 e. The van der Waals surface area contributed by atoms with Crippen molar-refractivity contribution >= 4 is 17.9 Å². The van der Waals surface area contributed by atoms with Gasteiger partial charge < -0.3 is 20.6 Å². The first kappa shape index (κ1) is 30.1. The van der Waals surface area contributed by atoms with E-state index >= 15 is 0 Å². The average molecular weight is 496 g/mol. The molecule has 3 N–H and O–H groups in total. The summed E-state index contributed by atoms with van der Waals surface area (Å²) in [6, 6.07) is 4.90. The zero-order chi connectivity index (χ0) is 26.1. The van der Waals surface area contributed by atoms with Gasteiger partial charge in [0.15, 0.2) is 0 Å². The van der Waals surface area contributed by atoms with Crippen LogP contribution in [0.3, 0.4) is 0 Å². The lowest BCUT2D eigenvalue weighted by Gasteiger charge is -2.24. The molecule has 0 saturated heterocycles. The Balaban J connectivity index is 2.81. The minimum Gasteiger partial charge on any atom is -0.480 e. The van der Waals surface area contributed by atoms with Gasteiger partial charge in [-0.1, -0.05) is 23.8 Å². The maximum Gasteiger partial charge on any atom is 0.416 e. The third-order valence-electron chi connectivity index (χ3n) is 5.23. The molecule has 1 aromatic rings. The van der Waals surface area contributed by atoms with Crippen molar-refractivity contribution in [2.45, 2.75) is 45.7 Å². The summed E-state index contributed by atoms with van der Waals surface area (Å²) >= 11 is 0. The van der Waals surface area contributed by atoms with E-state index in [9.17, 15) is 18.0 Å². The monoisotopic (exact) mass is 495 g/mol. The zero-order valence-electron chi connectivity index (χ0n) is 20.4. The molecule has 0 aliphatic heterocycles. The van der Waals surface area contributed by atoms with Crippen LogP contribution in [0, 0.1) is 5.41 Å². The van der Waals surface area contributed by atoms with Gasteiger partial charge in [-0.2, -0.15) is 13.2 Å². The normalized spacial score (nSPS) is 13.0. The SMILES string of the molecule is C/C=C(\C)CCN(CC/C=C/COCC(=O)O)C/C(=C/Nc1ccc(C(F)(F)F)cc1)CCC=N. The Kier molecular flexibility index (Phi) is 14.3. The van der Waals surface area contributed by atoms with Gasteiger partial charge in [0.2, 0.25) is 0 Å². The van der Waals surface area contributed by atoms with Crippen LogP contribution in [0.4, 0.5) is 18.9 Å². The molecule has 1 rings (SSSR count). The first-order valence-corrected chi connectivity index (χ1v) is 11.5. The zero-order valence-corrected chi connectivity index (χ0v) is 20.4. The molecule has 0 atom stereocenters. The van der Waals surface area contributed by atoms with Crippen molar-refractivity contribution in [3.8, 4) is 0 Å². The van der Waals surface area contributed by atoms with Crippen LogP contribution in [0.25, 0.3) is 0 Å². The van der Waals surface area contributed by atoms with E-state index in [1.54, 1.807) is 6.08 Å². The number of hydrogen-bond donors (Lipinski definition) is 3. The maximum atomic E-state index is 12.8. The predicted octanol–water partition coefficient (Wildman–Crippen LogP) is 6.14. The minimum atomic E-state index is -4.37. The first-order chi connectivity index (χ1) is 16.7. The van der Waals surface area contributed by atoms with Gasteiger partial charge in [0, 0.05) is 31.5 Å². The second kappa shape index (κ2) is 16.7. The number of aliphatic carboxylic acids is 1. The topological polar surface area (TPSA) is 85.7 Å². The van der Waals surface area contributed by atoms with Crippen LogP contribution in [0.1, 0.15) is 45.1 Å². The Bertz CT molecular complexity index is 863. The number of ether oxygens (including phenoxy) is 1. The number of anilines is 1. The Morgan fingerprint density at radius 3 is 2.46 bits per heavy atom. The second-order valence-electron chi connectivity index (χ2n) is 8.09. The number of rotatable bonds is 17. The minimum absolute atomic E-state index is 0.242. The first-order valence-electron chi connectivity index (χ1n) is 11.5. The van der Waals surface area contributed by atoms with Gasteiger partial charge in [0.05, 0.1) is 12.2 Å². The quantitative estimate of drug-likeness (QED) is 0.137. The van der Waals surface area contributed by atoms with Crippen LogP contribution in [-0.4, -0.2) is 55.0 Å². The van der Waals surface area contributed by atoms with Crippen LogP contribution in [0.2, 0.25) is 0 Å². The lowest BCUT2D eigenvalue weighted by molar-refractivity contribution is -0.141. The molecule has 0 aliphatic carbocycles. The summed E-state index contributed by atoms with van der Waals surface area (Å²) in [7, 11) is 0. The third kappa shape index (κ3) is 14.2. The summed E-state index contributed by atoms with van der Waals surface area (Å²) in [4.78, 5) is 12.8. The highest BCUT2D eigenvalue weighted by Gasteiger charge is 2.29. The number of benzene rings is 1. The predicted molar refractivity (Wildman–Crippen MR) is 134 cm³/mol. The van der Waals surface area contributed by atoms with Crippen LogP contribution in [0.15, 0.2) is 59.8 Å². The maximum absolute atomic E-state index is 12.8. The summed E-state index contributed by atoms with van der Waals surface area (Å²) < 4.78 is 43.4. The lowest BCUT2D eigenvalue weighted by Crippen LogP contribution is -2.28. The number of hydrogen-bond acceptors (Lipinski definition) is 5. The van der Waals surface area contributed by atoms with Crippen LogP contribution < -0.4 is 5.32 Å². The van der Waals surface area contributed by atoms with E-state index < -0.39 is 17.7 Å². The summed E-state index contributed by atoms with van der Waals surface area (Å²) in [5.74, 6) is -1.00. The molecule has 1 aromatic carbocycles. The molecule has 0 radical (unpaired) electrons. The van der Waals surface area contributed by atoms with Gasteiger partial charge in [0.25, 0.3) is 0 Å².